The number of nitrogens with zero attached hydrogens (tertiary/aromatic N) is 2. The van der Waals surface area contributed by atoms with Gasteiger partial charge in [-0.3, -0.25) is 0 Å². The zero-order chi connectivity index (χ0) is 13.1. The Balaban J connectivity index is 2.29. The molecule has 1 aromatic heterocycles. The summed E-state index contributed by atoms with van der Waals surface area (Å²) in [7, 11) is 0. The van der Waals surface area contributed by atoms with Gasteiger partial charge in [-0.15, -0.1) is 0 Å². The van der Waals surface area contributed by atoms with Gasteiger partial charge >= 0.3 is 0 Å². The van der Waals surface area contributed by atoms with Crippen LogP contribution in [0.1, 0.15) is 17.9 Å². The molecule has 0 aliphatic rings. The van der Waals surface area contributed by atoms with E-state index < -0.39 is 6.43 Å². The number of alkyl halides is 2. The van der Waals surface area contributed by atoms with E-state index in [2.05, 4.69) is 15.3 Å². The monoisotopic (exact) mass is 269 g/mol. The number of aromatic nitrogens is 2. The van der Waals surface area contributed by atoms with Crippen molar-refractivity contribution < 1.29 is 8.78 Å². The highest BCUT2D eigenvalue weighted by Crippen LogP contribution is 2.22. The van der Waals surface area contributed by atoms with Crippen LogP contribution in [0.4, 0.5) is 20.3 Å². The van der Waals surface area contributed by atoms with Crippen molar-refractivity contribution in [2.75, 3.05) is 5.32 Å². The predicted octanol–water partition coefficient (Wildman–Crippen LogP) is 4.12. The average Bonchev–Trinajstić information content (AvgIpc) is 2.28. The van der Waals surface area contributed by atoms with Crippen molar-refractivity contribution in [2.45, 2.75) is 13.3 Å². The van der Waals surface area contributed by atoms with Crippen LogP contribution in [0.15, 0.2) is 30.3 Å². The summed E-state index contributed by atoms with van der Waals surface area (Å²) in [5.41, 5.74) is 0.382. The Morgan fingerprint density at radius 2 is 2.00 bits per heavy atom. The quantitative estimate of drug-likeness (QED) is 0.911. The highest BCUT2D eigenvalue weighted by molar-refractivity contribution is 6.30. The molecule has 0 fully saturated rings. The van der Waals surface area contributed by atoms with Crippen molar-refractivity contribution in [3.63, 3.8) is 0 Å². The first-order valence-corrected chi connectivity index (χ1v) is 5.59. The number of nitrogens with one attached hydrogen (secondary N) is 1. The number of halogens is 3. The van der Waals surface area contributed by atoms with E-state index in [1.165, 1.54) is 6.07 Å². The van der Waals surface area contributed by atoms with E-state index in [1.807, 2.05) is 0 Å². The molecular formula is C12H10ClF2N3. The van der Waals surface area contributed by atoms with Crippen LogP contribution in [-0.2, 0) is 0 Å². The Hall–Kier alpha value is -1.75. The summed E-state index contributed by atoms with van der Waals surface area (Å²) < 4.78 is 25.2. The third-order valence-electron chi connectivity index (χ3n) is 2.18. The Morgan fingerprint density at radius 3 is 2.67 bits per heavy atom. The molecule has 0 aliphatic heterocycles. The topological polar surface area (TPSA) is 37.8 Å². The SMILES string of the molecule is Cc1nc(Nc2cccc(Cl)c2)cc(C(F)F)n1. The minimum absolute atomic E-state index is 0.289. The fraction of sp³-hybridized carbons (Fsp3) is 0.167. The molecule has 0 saturated carbocycles. The van der Waals surface area contributed by atoms with Crippen molar-refractivity contribution >= 4 is 23.1 Å². The van der Waals surface area contributed by atoms with Crippen molar-refractivity contribution in [2.24, 2.45) is 0 Å². The van der Waals surface area contributed by atoms with Gasteiger partial charge in [0.15, 0.2) is 0 Å². The maximum absolute atomic E-state index is 12.6. The molecule has 2 aromatic rings. The summed E-state index contributed by atoms with van der Waals surface area (Å²) in [5.74, 6) is 0.609. The molecule has 0 radical (unpaired) electrons. The van der Waals surface area contributed by atoms with Crippen molar-refractivity contribution in [1.82, 2.24) is 9.97 Å². The lowest BCUT2D eigenvalue weighted by Crippen LogP contribution is -2.01. The summed E-state index contributed by atoms with van der Waals surface area (Å²) in [4.78, 5) is 7.71. The second-order valence-corrected chi connectivity index (χ2v) is 4.10. The van der Waals surface area contributed by atoms with Gasteiger partial charge < -0.3 is 5.32 Å². The van der Waals surface area contributed by atoms with Crippen LogP contribution in [0.2, 0.25) is 5.02 Å². The molecule has 0 aliphatic carbocycles. The third kappa shape index (κ3) is 3.13. The van der Waals surface area contributed by atoms with Gasteiger partial charge in [0.1, 0.15) is 17.3 Å². The molecule has 1 aromatic carbocycles. The van der Waals surface area contributed by atoms with Gasteiger partial charge in [0.2, 0.25) is 0 Å². The van der Waals surface area contributed by atoms with Crippen LogP contribution in [0.25, 0.3) is 0 Å². The normalized spacial score (nSPS) is 10.7. The molecule has 0 amide bonds. The summed E-state index contributed by atoms with van der Waals surface area (Å²) in [5, 5.41) is 3.47. The van der Waals surface area contributed by atoms with Crippen LogP contribution in [-0.4, -0.2) is 9.97 Å². The number of anilines is 2. The zero-order valence-corrected chi connectivity index (χ0v) is 10.2. The first-order valence-electron chi connectivity index (χ1n) is 5.21. The number of rotatable bonds is 3. The van der Waals surface area contributed by atoms with E-state index in [9.17, 15) is 8.78 Å². The molecule has 3 nitrogen and oxygen atoms in total. The maximum Gasteiger partial charge on any atom is 0.280 e. The molecule has 18 heavy (non-hydrogen) atoms. The average molecular weight is 270 g/mol. The molecule has 0 unspecified atom stereocenters. The summed E-state index contributed by atoms with van der Waals surface area (Å²) in [6, 6.07) is 8.15. The molecule has 0 spiro atoms. The van der Waals surface area contributed by atoms with Gasteiger partial charge in [-0.2, -0.15) is 0 Å². The van der Waals surface area contributed by atoms with Gasteiger partial charge in [0, 0.05) is 16.8 Å². The second-order valence-electron chi connectivity index (χ2n) is 3.66. The van der Waals surface area contributed by atoms with E-state index >= 15 is 0 Å². The molecule has 0 atom stereocenters. The van der Waals surface area contributed by atoms with Crippen LogP contribution >= 0.6 is 11.6 Å². The predicted molar refractivity (Wildman–Crippen MR) is 66.5 cm³/mol. The highest BCUT2D eigenvalue weighted by Gasteiger charge is 2.11. The van der Waals surface area contributed by atoms with E-state index in [1.54, 1.807) is 31.2 Å². The third-order valence-corrected chi connectivity index (χ3v) is 2.41. The minimum atomic E-state index is -2.62. The second kappa shape index (κ2) is 5.27. The summed E-state index contributed by atoms with van der Waals surface area (Å²) in [6.07, 6.45) is -2.62. The van der Waals surface area contributed by atoms with Gasteiger partial charge in [0.25, 0.3) is 6.43 Å². The highest BCUT2D eigenvalue weighted by atomic mass is 35.5. The van der Waals surface area contributed by atoms with E-state index in [4.69, 9.17) is 11.6 Å². The lowest BCUT2D eigenvalue weighted by Gasteiger charge is -2.08. The van der Waals surface area contributed by atoms with Gasteiger partial charge in [-0.1, -0.05) is 17.7 Å². The van der Waals surface area contributed by atoms with Gasteiger partial charge in [0.05, 0.1) is 0 Å². The smallest absolute Gasteiger partial charge is 0.280 e. The Morgan fingerprint density at radius 1 is 1.22 bits per heavy atom. The summed E-state index contributed by atoms with van der Waals surface area (Å²) >= 11 is 5.83. The van der Waals surface area contributed by atoms with Crippen molar-refractivity contribution in [1.29, 1.82) is 0 Å². The van der Waals surface area contributed by atoms with Crippen LogP contribution in [0, 0.1) is 6.92 Å². The van der Waals surface area contributed by atoms with Crippen molar-refractivity contribution in [3.8, 4) is 0 Å². The maximum atomic E-state index is 12.6. The van der Waals surface area contributed by atoms with Gasteiger partial charge in [-0.05, 0) is 25.1 Å². The van der Waals surface area contributed by atoms with Crippen molar-refractivity contribution in [3.05, 3.63) is 46.9 Å². The lowest BCUT2D eigenvalue weighted by atomic mass is 10.3. The number of benzene rings is 1. The standard InChI is InChI=1S/C12H10ClF2N3/c1-7-16-10(12(14)15)6-11(17-7)18-9-4-2-3-8(13)5-9/h2-6,12H,1H3,(H,16,17,18). The molecule has 6 heteroatoms. The fourth-order valence-corrected chi connectivity index (χ4v) is 1.67. The molecule has 1 N–H and O–H groups in total. The summed E-state index contributed by atoms with van der Waals surface area (Å²) in [6.45, 7) is 1.56. The first-order chi connectivity index (χ1) is 8.54. The van der Waals surface area contributed by atoms with E-state index in [-0.39, 0.29) is 11.5 Å². The largest absolute Gasteiger partial charge is 0.340 e. The number of hydrogen-bond acceptors (Lipinski definition) is 3. The molecule has 94 valence electrons. The Kier molecular flexibility index (Phi) is 3.72. The number of hydrogen-bond donors (Lipinski definition) is 1. The Labute approximate surface area is 108 Å². The Bertz CT molecular complexity index is 561. The number of aryl methyl sites for hydroxylation is 1. The minimum Gasteiger partial charge on any atom is -0.340 e. The van der Waals surface area contributed by atoms with Crippen LogP contribution in [0.3, 0.4) is 0 Å². The molecule has 0 bridgehead atoms. The fourth-order valence-electron chi connectivity index (χ4n) is 1.48. The molecule has 1 heterocycles. The van der Waals surface area contributed by atoms with Crippen LogP contribution < -0.4 is 5.32 Å². The van der Waals surface area contributed by atoms with E-state index in [0.29, 0.717) is 16.5 Å². The zero-order valence-electron chi connectivity index (χ0n) is 9.49. The van der Waals surface area contributed by atoms with Crippen LogP contribution in [0.5, 0.6) is 0 Å². The van der Waals surface area contributed by atoms with E-state index in [0.717, 1.165) is 0 Å². The lowest BCUT2D eigenvalue weighted by molar-refractivity contribution is 0.145. The molecule has 2 rings (SSSR count). The van der Waals surface area contributed by atoms with Gasteiger partial charge in [-0.25, -0.2) is 18.7 Å². The molecule has 0 saturated heterocycles. The first kappa shape index (κ1) is 12.7. The molecular weight excluding hydrogens is 260 g/mol.